The number of likely N-dealkylation sites (tertiary alicyclic amines) is 1. The van der Waals surface area contributed by atoms with Crippen LogP contribution in [0.2, 0.25) is 0 Å². The van der Waals surface area contributed by atoms with Gasteiger partial charge in [-0.2, -0.15) is 0 Å². The average Bonchev–Trinajstić information content (AvgIpc) is 3.31. The Labute approximate surface area is 176 Å². The largest absolute Gasteiger partial charge is 0.325 e. The van der Waals surface area contributed by atoms with Gasteiger partial charge in [-0.05, 0) is 37.1 Å². The summed E-state index contributed by atoms with van der Waals surface area (Å²) in [4.78, 5) is 42.1. The third kappa shape index (κ3) is 3.98. The SMILES string of the molecule is O=C(CN1C(=O)[C@H]2CC=CC[C@@H]2C1=O)Nc1ccc(S(=O)(=O)Nc2nccs2)cc1. The van der Waals surface area contributed by atoms with Crippen molar-refractivity contribution in [3.05, 3.63) is 48.0 Å². The van der Waals surface area contributed by atoms with Crippen LogP contribution >= 0.6 is 11.3 Å². The number of fused-ring (bicyclic) bond motifs is 1. The normalized spacial score (nSPS) is 20.9. The molecule has 156 valence electrons. The molecule has 1 aliphatic carbocycles. The fourth-order valence-corrected chi connectivity index (χ4v) is 5.32. The van der Waals surface area contributed by atoms with E-state index in [9.17, 15) is 22.8 Å². The van der Waals surface area contributed by atoms with E-state index < -0.39 is 15.9 Å². The summed E-state index contributed by atoms with van der Waals surface area (Å²) in [6.07, 6.45) is 6.28. The van der Waals surface area contributed by atoms with E-state index in [1.54, 1.807) is 5.38 Å². The molecule has 1 saturated heterocycles. The number of hydrogen-bond acceptors (Lipinski definition) is 7. The first kappa shape index (κ1) is 20.2. The summed E-state index contributed by atoms with van der Waals surface area (Å²) < 4.78 is 27.0. The van der Waals surface area contributed by atoms with Crippen LogP contribution in [0.1, 0.15) is 12.8 Å². The van der Waals surface area contributed by atoms with E-state index in [0.29, 0.717) is 18.5 Å². The number of rotatable bonds is 6. The topological polar surface area (TPSA) is 126 Å². The van der Waals surface area contributed by atoms with Crippen molar-refractivity contribution in [3.63, 3.8) is 0 Å². The molecule has 30 heavy (non-hydrogen) atoms. The number of benzene rings is 1. The average molecular weight is 447 g/mol. The van der Waals surface area contributed by atoms with Crippen molar-refractivity contribution in [2.24, 2.45) is 11.8 Å². The highest BCUT2D eigenvalue weighted by molar-refractivity contribution is 7.93. The van der Waals surface area contributed by atoms with Gasteiger partial charge < -0.3 is 5.32 Å². The first-order chi connectivity index (χ1) is 14.3. The molecule has 3 amide bonds. The number of aromatic nitrogens is 1. The lowest BCUT2D eigenvalue weighted by Gasteiger charge is -2.14. The number of hydrogen-bond donors (Lipinski definition) is 2. The van der Waals surface area contributed by atoms with Gasteiger partial charge in [-0.1, -0.05) is 12.2 Å². The van der Waals surface area contributed by atoms with Gasteiger partial charge >= 0.3 is 0 Å². The van der Waals surface area contributed by atoms with Gasteiger partial charge in [-0.25, -0.2) is 13.4 Å². The molecule has 2 aromatic rings. The minimum absolute atomic E-state index is 0.0113. The van der Waals surface area contributed by atoms with Crippen LogP contribution in [0, 0.1) is 11.8 Å². The van der Waals surface area contributed by atoms with Gasteiger partial charge in [-0.15, -0.1) is 11.3 Å². The number of carbonyl (C=O) groups excluding carboxylic acids is 3. The zero-order chi connectivity index (χ0) is 21.3. The van der Waals surface area contributed by atoms with Crippen molar-refractivity contribution in [2.75, 3.05) is 16.6 Å². The fourth-order valence-electron chi connectivity index (χ4n) is 3.53. The lowest BCUT2D eigenvalue weighted by Crippen LogP contribution is -2.38. The second-order valence-electron chi connectivity index (χ2n) is 6.93. The molecule has 11 heteroatoms. The van der Waals surface area contributed by atoms with Crippen LogP contribution in [-0.4, -0.2) is 42.6 Å². The Hall–Kier alpha value is -3.05. The summed E-state index contributed by atoms with van der Waals surface area (Å²) in [7, 11) is -3.79. The van der Waals surface area contributed by atoms with E-state index in [1.807, 2.05) is 12.2 Å². The van der Waals surface area contributed by atoms with Crippen molar-refractivity contribution >= 4 is 49.9 Å². The highest BCUT2D eigenvalue weighted by atomic mass is 32.2. The highest BCUT2D eigenvalue weighted by Crippen LogP contribution is 2.34. The Bertz CT molecular complexity index is 1080. The van der Waals surface area contributed by atoms with Crippen molar-refractivity contribution in [1.29, 1.82) is 0 Å². The van der Waals surface area contributed by atoms with Gasteiger partial charge in [-0.3, -0.25) is 24.0 Å². The maximum atomic E-state index is 12.4. The van der Waals surface area contributed by atoms with E-state index in [1.165, 1.54) is 30.5 Å². The zero-order valence-corrected chi connectivity index (χ0v) is 17.3. The molecule has 1 fully saturated rings. The summed E-state index contributed by atoms with van der Waals surface area (Å²) in [5.41, 5.74) is 0.353. The van der Waals surface area contributed by atoms with Crippen LogP contribution in [0.4, 0.5) is 10.8 Å². The minimum Gasteiger partial charge on any atom is -0.325 e. The molecule has 2 atom stereocenters. The summed E-state index contributed by atoms with van der Waals surface area (Å²) >= 11 is 1.16. The summed E-state index contributed by atoms with van der Waals surface area (Å²) in [5, 5.41) is 4.49. The summed E-state index contributed by atoms with van der Waals surface area (Å²) in [5.74, 6) is -1.94. The van der Waals surface area contributed by atoms with Crippen LogP contribution < -0.4 is 10.0 Å². The number of allylic oxidation sites excluding steroid dienone is 2. The van der Waals surface area contributed by atoms with E-state index in [2.05, 4.69) is 15.0 Å². The number of sulfonamides is 1. The third-order valence-electron chi connectivity index (χ3n) is 5.00. The molecule has 2 aliphatic rings. The van der Waals surface area contributed by atoms with E-state index >= 15 is 0 Å². The van der Waals surface area contributed by atoms with Gasteiger partial charge in [0.25, 0.3) is 10.0 Å². The molecule has 0 bridgehead atoms. The van der Waals surface area contributed by atoms with E-state index in [4.69, 9.17) is 0 Å². The molecule has 1 aromatic carbocycles. The second-order valence-corrected chi connectivity index (χ2v) is 9.51. The number of nitrogens with one attached hydrogen (secondary N) is 2. The first-order valence-electron chi connectivity index (χ1n) is 9.17. The zero-order valence-electron chi connectivity index (χ0n) is 15.6. The predicted octanol–water partition coefficient (Wildman–Crippen LogP) is 1.83. The molecule has 0 unspecified atom stereocenters. The van der Waals surface area contributed by atoms with Crippen LogP contribution in [0.25, 0.3) is 0 Å². The number of thiazole rings is 1. The Morgan fingerprint density at radius 3 is 2.30 bits per heavy atom. The molecular formula is C19H18N4O5S2. The molecule has 0 spiro atoms. The fraction of sp³-hybridized carbons (Fsp3) is 0.263. The number of imide groups is 1. The van der Waals surface area contributed by atoms with Gasteiger partial charge in [0.15, 0.2) is 5.13 Å². The van der Waals surface area contributed by atoms with Crippen molar-refractivity contribution in [1.82, 2.24) is 9.88 Å². The van der Waals surface area contributed by atoms with Gasteiger partial charge in [0.05, 0.1) is 16.7 Å². The quantitative estimate of drug-likeness (QED) is 0.515. The van der Waals surface area contributed by atoms with Gasteiger partial charge in [0.1, 0.15) is 6.54 Å². The predicted molar refractivity (Wildman–Crippen MR) is 110 cm³/mol. The number of anilines is 2. The van der Waals surface area contributed by atoms with E-state index in [0.717, 1.165) is 16.2 Å². The van der Waals surface area contributed by atoms with Crippen molar-refractivity contribution < 1.29 is 22.8 Å². The molecule has 0 radical (unpaired) electrons. The molecule has 0 saturated carbocycles. The maximum Gasteiger partial charge on any atom is 0.263 e. The Kier molecular flexibility index (Phi) is 5.39. The molecule has 1 aliphatic heterocycles. The number of nitrogens with zero attached hydrogens (tertiary/aromatic N) is 2. The second kappa shape index (κ2) is 8.00. The first-order valence-corrected chi connectivity index (χ1v) is 11.5. The minimum atomic E-state index is -3.79. The summed E-state index contributed by atoms with van der Waals surface area (Å²) in [6.45, 7) is -0.365. The maximum absolute atomic E-state index is 12.4. The van der Waals surface area contributed by atoms with Gasteiger partial charge in [0.2, 0.25) is 17.7 Å². The molecule has 9 nitrogen and oxygen atoms in total. The summed E-state index contributed by atoms with van der Waals surface area (Å²) in [6, 6.07) is 5.56. The Balaban J connectivity index is 1.38. The Morgan fingerprint density at radius 1 is 1.10 bits per heavy atom. The van der Waals surface area contributed by atoms with Gasteiger partial charge in [0, 0.05) is 17.3 Å². The van der Waals surface area contributed by atoms with Crippen molar-refractivity contribution in [3.8, 4) is 0 Å². The molecule has 4 rings (SSSR count). The monoisotopic (exact) mass is 446 g/mol. The van der Waals surface area contributed by atoms with Crippen LogP contribution in [-0.2, 0) is 24.4 Å². The standard InChI is InChI=1S/C19H18N4O5S2/c24-16(11-23-17(25)14-3-1-2-4-15(14)18(23)26)21-12-5-7-13(8-6-12)30(27,28)22-19-20-9-10-29-19/h1-2,5-10,14-15H,3-4,11H2,(H,20,22)(H,21,24)/t14-,15-/m0/s1. The Morgan fingerprint density at radius 2 is 1.73 bits per heavy atom. The number of amides is 3. The van der Waals surface area contributed by atoms with Crippen LogP contribution in [0.15, 0.2) is 52.9 Å². The lowest BCUT2D eigenvalue weighted by atomic mass is 9.85. The van der Waals surface area contributed by atoms with Crippen LogP contribution in [0.3, 0.4) is 0 Å². The third-order valence-corrected chi connectivity index (χ3v) is 7.18. The number of carbonyl (C=O) groups is 3. The molecular weight excluding hydrogens is 428 g/mol. The molecule has 1 aromatic heterocycles. The van der Waals surface area contributed by atoms with Crippen molar-refractivity contribution in [2.45, 2.75) is 17.7 Å². The van der Waals surface area contributed by atoms with E-state index in [-0.39, 0.29) is 40.2 Å². The smallest absolute Gasteiger partial charge is 0.263 e. The van der Waals surface area contributed by atoms with Crippen LogP contribution in [0.5, 0.6) is 0 Å². The highest BCUT2D eigenvalue weighted by Gasteiger charge is 2.47. The lowest BCUT2D eigenvalue weighted by molar-refractivity contribution is -0.142. The molecule has 2 N–H and O–H groups in total. The molecule has 2 heterocycles.